The minimum absolute atomic E-state index is 0.00926. The van der Waals surface area contributed by atoms with E-state index in [2.05, 4.69) is 10.6 Å². The highest BCUT2D eigenvalue weighted by molar-refractivity contribution is 5.96. The van der Waals surface area contributed by atoms with E-state index in [0.29, 0.717) is 11.1 Å². The molecule has 4 aromatic rings. The van der Waals surface area contributed by atoms with Crippen LogP contribution in [0.25, 0.3) is 0 Å². The van der Waals surface area contributed by atoms with Crippen LogP contribution in [0.3, 0.4) is 0 Å². The fraction of sp³-hybridized carbons (Fsp3) is 0.409. The molecule has 1 unspecified atom stereocenters. The van der Waals surface area contributed by atoms with E-state index in [1.165, 1.54) is 45.0 Å². The fourth-order valence-corrected chi connectivity index (χ4v) is 12.3. The summed E-state index contributed by atoms with van der Waals surface area (Å²) < 4.78 is 47.9. The third-order valence-electron chi connectivity index (χ3n) is 16.8. The molecule has 2 saturated carbocycles. The van der Waals surface area contributed by atoms with Crippen molar-refractivity contribution < 1.29 is 91.3 Å². The quantitative estimate of drug-likeness (QED) is 0.0281. The molecule has 0 spiro atoms. The first-order valence-corrected chi connectivity index (χ1v) is 28.7. The van der Waals surface area contributed by atoms with Gasteiger partial charge in [0.2, 0.25) is 6.10 Å². The van der Waals surface area contributed by atoms with Crippen molar-refractivity contribution in [3.05, 3.63) is 179 Å². The van der Waals surface area contributed by atoms with E-state index in [4.69, 9.17) is 37.9 Å². The highest BCUT2D eigenvalue weighted by Gasteiger charge is 2.77. The number of carbonyl (C=O) groups is 9. The molecular formula is C66H72N2O19. The number of hydrogen-bond acceptors (Lipinski definition) is 19. The number of esters is 6. The Morgan fingerprint density at radius 2 is 1.40 bits per heavy atom. The van der Waals surface area contributed by atoms with E-state index < -0.39 is 150 Å². The first-order chi connectivity index (χ1) is 41.6. The van der Waals surface area contributed by atoms with Crippen LogP contribution in [0.2, 0.25) is 0 Å². The normalized spacial score (nSPS) is 26.7. The van der Waals surface area contributed by atoms with Gasteiger partial charge < -0.3 is 58.7 Å². The molecular weight excluding hydrogens is 1120 g/mol. The average molecular weight is 1200 g/mol. The second kappa shape index (κ2) is 27.7. The van der Waals surface area contributed by atoms with Gasteiger partial charge in [0, 0.05) is 44.6 Å². The Bertz CT molecular complexity index is 3300. The first kappa shape index (κ1) is 64.2. The molecule has 3 fully saturated rings. The molecule has 4 aliphatic rings. The Kier molecular flexibility index (Phi) is 20.5. The van der Waals surface area contributed by atoms with Gasteiger partial charge in [0.1, 0.15) is 49.2 Å². The number of nitrogens with one attached hydrogen (secondary N) is 2. The van der Waals surface area contributed by atoms with Gasteiger partial charge in [-0.25, -0.2) is 19.2 Å². The molecule has 1 heterocycles. The third kappa shape index (κ3) is 13.9. The first-order valence-electron chi connectivity index (χ1n) is 28.7. The number of benzene rings is 4. The maximum Gasteiger partial charge on any atom is 0.408 e. The predicted octanol–water partition coefficient (Wildman–Crippen LogP) is 7.04. The van der Waals surface area contributed by atoms with Gasteiger partial charge in [-0.2, -0.15) is 0 Å². The lowest BCUT2D eigenvalue weighted by Crippen LogP contribution is -2.81. The van der Waals surface area contributed by atoms with Crippen LogP contribution in [0.1, 0.15) is 112 Å². The lowest BCUT2D eigenvalue weighted by atomic mass is 9.47. The molecule has 13 atom stereocenters. The van der Waals surface area contributed by atoms with Crippen molar-refractivity contribution in [3.63, 3.8) is 0 Å². The monoisotopic (exact) mass is 1200 g/mol. The maximum absolute atomic E-state index is 15.8. The summed E-state index contributed by atoms with van der Waals surface area (Å²) in [7, 11) is 0. The zero-order valence-corrected chi connectivity index (χ0v) is 49.3. The molecule has 1 aliphatic heterocycles. The van der Waals surface area contributed by atoms with E-state index in [9.17, 15) is 43.8 Å². The Hall–Kier alpha value is -8.79. The lowest BCUT2D eigenvalue weighted by molar-refractivity contribution is -0.343. The number of ether oxygens (including phenoxy) is 8. The lowest BCUT2D eigenvalue weighted by Gasteiger charge is -2.66. The molecule has 4 N–H and O–H groups in total. The average Bonchev–Trinajstić information content (AvgIpc) is 0.685. The van der Waals surface area contributed by atoms with Crippen molar-refractivity contribution >= 4 is 53.6 Å². The number of carbonyl (C=O) groups excluding carboxylic acids is 9. The van der Waals surface area contributed by atoms with Gasteiger partial charge in [0.25, 0.3) is 5.91 Å². The summed E-state index contributed by atoms with van der Waals surface area (Å²) in [5, 5.41) is 31.4. The number of hydrogen-bond donors (Lipinski definition) is 4. The molecule has 1 saturated heterocycles. The topological polar surface area (TPSA) is 292 Å². The van der Waals surface area contributed by atoms with Crippen molar-refractivity contribution in [3.8, 4) is 0 Å². The molecule has 4 aromatic carbocycles. The number of aliphatic hydroxyl groups is 2. The van der Waals surface area contributed by atoms with Crippen LogP contribution in [-0.4, -0.2) is 131 Å². The van der Waals surface area contributed by atoms with Crippen LogP contribution >= 0.6 is 0 Å². The summed E-state index contributed by atoms with van der Waals surface area (Å²) in [5.74, 6) is -10.8. The molecule has 460 valence electrons. The zero-order chi connectivity index (χ0) is 62.8. The number of fused-ring (bicyclic) bond motifs is 5. The van der Waals surface area contributed by atoms with Gasteiger partial charge in [-0.3, -0.25) is 24.0 Å². The minimum Gasteiger partial charge on any atom is -0.459 e. The van der Waals surface area contributed by atoms with Crippen molar-refractivity contribution in [2.24, 2.45) is 17.3 Å². The van der Waals surface area contributed by atoms with Crippen LogP contribution < -0.4 is 10.6 Å². The fourth-order valence-electron chi connectivity index (χ4n) is 12.3. The number of alkyl carbamates (subject to hydrolysis) is 1. The van der Waals surface area contributed by atoms with E-state index in [1.807, 2.05) is 0 Å². The number of Topliss-reactive ketones (excluding diaryl/α,β-unsaturated/α-hetero) is 1. The molecule has 2 amide bonds. The summed E-state index contributed by atoms with van der Waals surface area (Å²) in [6.07, 6.45) is -8.29. The van der Waals surface area contributed by atoms with Crippen molar-refractivity contribution in [2.75, 3.05) is 13.2 Å². The molecule has 2 bridgehead atoms. The molecule has 87 heavy (non-hydrogen) atoms. The van der Waals surface area contributed by atoms with Crippen LogP contribution in [0.15, 0.2) is 156 Å². The van der Waals surface area contributed by atoms with E-state index >= 15 is 9.59 Å². The SMILES string of the molecule is C/C=C\C(=C/C)COC(=O)NC(CCC(=O)O[C@@H](C(=O)O[C@H]1C[C@]2(O)[C@@H](C)C(=C1C)[C@@H](OC(C)=O)C(=O)[C@@]1(C)[C@H]([C@@H]2OC(=O)c2ccccc2)[C@]2(OC(C)=O)CO[C@@H]2C[C@@H]1O)[C@@H](NC(=O)c1ccccc1)c1ccccc1)C(=O)OCc1ccccc1. The largest absolute Gasteiger partial charge is 0.459 e. The standard InChI is InChI=1S/C66H72N2O19/c1-8-22-42(9-2)35-81-63(78)67-47(61(76)80-36-43-23-14-10-15-24-43)31-32-51(72)85-55(53(44-25-16-11-17-26-44)68-59(74)45-27-18-12-19-28-45)62(77)84-48-34-65(79)39(4)52(38(48)3)54(83-40(5)69)57(73)64(7)49(71)33-50-66(37-82-50,87-41(6)70)56(64)58(65)86-60(75)46-29-20-13-21-30-46/h8-30,39,47-50,53-56,58,71,79H,31-37H2,1-7H3,(H,67,78)(H,68,74)/b22-8-,42-9+/t39-,47?,48-,49-,50+,53-,54+,55+,56-,58-,64+,65-,66-/m0/s1. The van der Waals surface area contributed by atoms with Crippen LogP contribution in [-0.2, 0) is 73.3 Å². The number of ketones is 1. The second-order valence-electron chi connectivity index (χ2n) is 22.3. The van der Waals surface area contributed by atoms with Crippen molar-refractivity contribution in [2.45, 2.75) is 141 Å². The number of allylic oxidation sites excluding steroid dienone is 2. The molecule has 21 heteroatoms. The molecule has 0 aromatic heterocycles. The van der Waals surface area contributed by atoms with E-state index in [-0.39, 0.29) is 54.1 Å². The molecule has 8 rings (SSSR count). The van der Waals surface area contributed by atoms with Gasteiger partial charge in [0.05, 0.1) is 29.6 Å². The van der Waals surface area contributed by atoms with Gasteiger partial charge in [-0.1, -0.05) is 122 Å². The van der Waals surface area contributed by atoms with Gasteiger partial charge in [0.15, 0.2) is 17.5 Å². The Morgan fingerprint density at radius 3 is 1.99 bits per heavy atom. The molecule has 21 nitrogen and oxygen atoms in total. The van der Waals surface area contributed by atoms with E-state index in [1.54, 1.807) is 129 Å². The van der Waals surface area contributed by atoms with Gasteiger partial charge in [-0.15, -0.1) is 0 Å². The summed E-state index contributed by atoms with van der Waals surface area (Å²) in [4.78, 5) is 128. The summed E-state index contributed by atoms with van der Waals surface area (Å²) in [5.41, 5.74) is -4.87. The Labute approximate surface area is 503 Å². The van der Waals surface area contributed by atoms with Crippen LogP contribution in [0.4, 0.5) is 4.79 Å². The minimum atomic E-state index is -2.49. The third-order valence-corrected chi connectivity index (χ3v) is 16.8. The van der Waals surface area contributed by atoms with Crippen LogP contribution in [0.5, 0.6) is 0 Å². The van der Waals surface area contributed by atoms with Crippen molar-refractivity contribution in [1.29, 1.82) is 0 Å². The van der Waals surface area contributed by atoms with Gasteiger partial charge >= 0.3 is 41.9 Å². The molecule has 3 aliphatic carbocycles. The summed E-state index contributed by atoms with van der Waals surface area (Å²) in [6.45, 7) is 9.28. The van der Waals surface area contributed by atoms with Crippen LogP contribution in [0, 0.1) is 17.3 Å². The van der Waals surface area contributed by atoms with Gasteiger partial charge in [-0.05, 0) is 86.2 Å². The molecule has 0 radical (unpaired) electrons. The Balaban J connectivity index is 1.21. The highest BCUT2D eigenvalue weighted by atomic mass is 16.6. The Morgan fingerprint density at radius 1 is 0.782 bits per heavy atom. The summed E-state index contributed by atoms with van der Waals surface area (Å²) in [6, 6.07) is 29.2. The van der Waals surface area contributed by atoms with E-state index in [0.717, 1.165) is 13.8 Å². The zero-order valence-electron chi connectivity index (χ0n) is 49.3. The number of amides is 2. The maximum atomic E-state index is 15.8. The smallest absolute Gasteiger partial charge is 0.408 e. The number of rotatable bonds is 21. The predicted molar refractivity (Wildman–Crippen MR) is 309 cm³/mol. The number of aliphatic hydroxyl groups excluding tert-OH is 1. The highest BCUT2D eigenvalue weighted by Crippen LogP contribution is 2.62. The summed E-state index contributed by atoms with van der Waals surface area (Å²) >= 11 is 0. The second-order valence-corrected chi connectivity index (χ2v) is 22.3. The van der Waals surface area contributed by atoms with Crippen molar-refractivity contribution in [1.82, 2.24) is 10.6 Å².